The summed E-state index contributed by atoms with van der Waals surface area (Å²) in [6.07, 6.45) is 2.52. The van der Waals surface area contributed by atoms with Gasteiger partial charge in [-0.05, 0) is 38.1 Å². The van der Waals surface area contributed by atoms with Gasteiger partial charge in [0.2, 0.25) is 5.91 Å². The standard InChI is InChI=1S/C17H29N3O/c1-5-14-8-7-9-15(6-2)17(14)19-11-10-16(21)18-12-13-20(3)4/h7-9,19H,5-6,10-13H2,1-4H3,(H,18,21). The molecular weight excluding hydrogens is 262 g/mol. The zero-order valence-electron chi connectivity index (χ0n) is 13.8. The Morgan fingerprint density at radius 3 is 2.24 bits per heavy atom. The van der Waals surface area contributed by atoms with Crippen LogP contribution in [0.25, 0.3) is 0 Å². The van der Waals surface area contributed by atoms with Gasteiger partial charge in [-0.1, -0.05) is 32.0 Å². The lowest BCUT2D eigenvalue weighted by Crippen LogP contribution is -2.32. The molecule has 1 aromatic carbocycles. The first-order valence-electron chi connectivity index (χ1n) is 7.84. The molecule has 21 heavy (non-hydrogen) atoms. The van der Waals surface area contributed by atoms with Gasteiger partial charge in [-0.2, -0.15) is 0 Å². The second-order valence-corrected chi connectivity index (χ2v) is 5.49. The largest absolute Gasteiger partial charge is 0.384 e. The molecule has 0 aliphatic heterocycles. The van der Waals surface area contributed by atoms with E-state index in [1.54, 1.807) is 0 Å². The lowest BCUT2D eigenvalue weighted by molar-refractivity contribution is -0.120. The van der Waals surface area contributed by atoms with Crippen LogP contribution in [-0.2, 0) is 17.6 Å². The molecule has 1 rings (SSSR count). The summed E-state index contributed by atoms with van der Waals surface area (Å²) < 4.78 is 0. The maximum atomic E-state index is 11.8. The van der Waals surface area contributed by atoms with Gasteiger partial charge < -0.3 is 15.5 Å². The van der Waals surface area contributed by atoms with E-state index in [1.165, 1.54) is 16.8 Å². The number of carbonyl (C=O) groups is 1. The second-order valence-electron chi connectivity index (χ2n) is 5.49. The van der Waals surface area contributed by atoms with E-state index in [9.17, 15) is 4.79 Å². The average Bonchev–Trinajstić information content (AvgIpc) is 2.46. The van der Waals surface area contributed by atoms with Crippen LogP contribution >= 0.6 is 0 Å². The minimum absolute atomic E-state index is 0.108. The van der Waals surface area contributed by atoms with Crippen LogP contribution < -0.4 is 10.6 Å². The molecule has 0 radical (unpaired) electrons. The third-order valence-electron chi connectivity index (χ3n) is 3.53. The summed E-state index contributed by atoms with van der Waals surface area (Å²) in [5.74, 6) is 0.108. The summed E-state index contributed by atoms with van der Waals surface area (Å²) in [6.45, 7) is 6.58. The zero-order chi connectivity index (χ0) is 15.7. The third-order valence-corrected chi connectivity index (χ3v) is 3.53. The molecule has 0 heterocycles. The Balaban J connectivity index is 2.43. The van der Waals surface area contributed by atoms with E-state index in [4.69, 9.17) is 0 Å². The summed E-state index contributed by atoms with van der Waals surface area (Å²) in [5, 5.41) is 6.38. The lowest BCUT2D eigenvalue weighted by Gasteiger charge is -2.15. The van der Waals surface area contributed by atoms with Crippen molar-refractivity contribution in [3.05, 3.63) is 29.3 Å². The Morgan fingerprint density at radius 2 is 1.71 bits per heavy atom. The highest BCUT2D eigenvalue weighted by Gasteiger charge is 2.06. The van der Waals surface area contributed by atoms with Gasteiger partial charge in [0.1, 0.15) is 0 Å². The number of hydrogen-bond donors (Lipinski definition) is 2. The molecule has 0 saturated carbocycles. The van der Waals surface area contributed by atoms with E-state index >= 15 is 0 Å². The molecule has 0 spiro atoms. The number of hydrogen-bond acceptors (Lipinski definition) is 3. The molecule has 0 bridgehead atoms. The number of carbonyl (C=O) groups excluding carboxylic acids is 1. The highest BCUT2D eigenvalue weighted by atomic mass is 16.1. The van der Waals surface area contributed by atoms with Crippen LogP contribution in [0.15, 0.2) is 18.2 Å². The van der Waals surface area contributed by atoms with Crippen LogP contribution in [0.1, 0.15) is 31.4 Å². The van der Waals surface area contributed by atoms with E-state index < -0.39 is 0 Å². The number of aryl methyl sites for hydroxylation is 2. The topological polar surface area (TPSA) is 44.4 Å². The van der Waals surface area contributed by atoms with Gasteiger partial charge in [-0.3, -0.25) is 4.79 Å². The number of nitrogens with zero attached hydrogens (tertiary/aromatic N) is 1. The Kier molecular flexibility index (Phi) is 7.83. The van der Waals surface area contributed by atoms with Crippen molar-refractivity contribution in [2.45, 2.75) is 33.1 Å². The summed E-state index contributed by atoms with van der Waals surface area (Å²) in [7, 11) is 4.00. The Hall–Kier alpha value is -1.55. The van der Waals surface area contributed by atoms with Crippen LogP contribution in [0, 0.1) is 0 Å². The van der Waals surface area contributed by atoms with Crippen molar-refractivity contribution in [1.29, 1.82) is 0 Å². The SMILES string of the molecule is CCc1cccc(CC)c1NCCC(=O)NCCN(C)C. The lowest BCUT2D eigenvalue weighted by atomic mass is 10.0. The molecule has 1 aromatic rings. The number of nitrogens with one attached hydrogen (secondary N) is 2. The van der Waals surface area contributed by atoms with E-state index in [-0.39, 0.29) is 5.91 Å². The minimum Gasteiger partial charge on any atom is -0.384 e. The van der Waals surface area contributed by atoms with E-state index in [0.29, 0.717) is 19.5 Å². The molecule has 0 atom stereocenters. The summed E-state index contributed by atoms with van der Waals surface area (Å²) in [5.41, 5.74) is 3.85. The normalized spacial score (nSPS) is 10.7. The second kappa shape index (κ2) is 9.40. The highest BCUT2D eigenvalue weighted by molar-refractivity contribution is 5.76. The molecule has 0 fully saturated rings. The van der Waals surface area contributed by atoms with Crippen LogP contribution in [0.5, 0.6) is 0 Å². The molecule has 0 aromatic heterocycles. The molecule has 0 aliphatic rings. The summed E-state index contributed by atoms with van der Waals surface area (Å²) in [4.78, 5) is 13.8. The predicted octanol–water partition coefficient (Wildman–Crippen LogP) is 2.29. The fourth-order valence-corrected chi connectivity index (χ4v) is 2.28. The van der Waals surface area contributed by atoms with Crippen molar-refractivity contribution in [1.82, 2.24) is 10.2 Å². The van der Waals surface area contributed by atoms with Crippen molar-refractivity contribution in [2.75, 3.05) is 39.0 Å². The molecule has 1 amide bonds. The summed E-state index contributed by atoms with van der Waals surface area (Å²) >= 11 is 0. The van der Waals surface area contributed by atoms with Gasteiger partial charge in [0.25, 0.3) is 0 Å². The summed E-state index contributed by atoms with van der Waals surface area (Å²) in [6, 6.07) is 6.41. The Morgan fingerprint density at radius 1 is 1.10 bits per heavy atom. The zero-order valence-corrected chi connectivity index (χ0v) is 13.8. The van der Waals surface area contributed by atoms with Gasteiger partial charge in [0, 0.05) is 31.7 Å². The number of rotatable bonds is 9. The van der Waals surface area contributed by atoms with Gasteiger partial charge in [-0.25, -0.2) is 0 Å². The van der Waals surface area contributed by atoms with Gasteiger partial charge in [0.15, 0.2) is 0 Å². The molecule has 4 nitrogen and oxygen atoms in total. The quantitative estimate of drug-likeness (QED) is 0.734. The van der Waals surface area contributed by atoms with Gasteiger partial charge in [0.05, 0.1) is 0 Å². The highest BCUT2D eigenvalue weighted by Crippen LogP contribution is 2.22. The van der Waals surface area contributed by atoms with Crippen LogP contribution in [0.4, 0.5) is 5.69 Å². The maximum absolute atomic E-state index is 11.8. The van der Waals surface area contributed by atoms with Crippen LogP contribution in [-0.4, -0.2) is 44.5 Å². The van der Waals surface area contributed by atoms with Crippen LogP contribution in [0.2, 0.25) is 0 Å². The molecule has 0 aliphatic carbocycles. The predicted molar refractivity (Wildman–Crippen MR) is 89.9 cm³/mol. The van der Waals surface area contributed by atoms with Crippen molar-refractivity contribution in [3.8, 4) is 0 Å². The molecule has 2 N–H and O–H groups in total. The number of para-hydroxylation sites is 1. The maximum Gasteiger partial charge on any atom is 0.221 e. The van der Waals surface area contributed by atoms with E-state index in [0.717, 1.165) is 19.4 Å². The first kappa shape index (κ1) is 17.5. The first-order chi connectivity index (χ1) is 10.1. The number of benzene rings is 1. The Labute approximate surface area is 128 Å². The van der Waals surface area contributed by atoms with Crippen molar-refractivity contribution >= 4 is 11.6 Å². The third kappa shape index (κ3) is 6.17. The monoisotopic (exact) mass is 291 g/mol. The van der Waals surface area contributed by atoms with Crippen molar-refractivity contribution in [3.63, 3.8) is 0 Å². The van der Waals surface area contributed by atoms with Gasteiger partial charge in [-0.15, -0.1) is 0 Å². The number of likely N-dealkylation sites (N-methyl/N-ethyl adjacent to an activating group) is 1. The molecular formula is C17H29N3O. The molecule has 0 saturated heterocycles. The molecule has 0 unspecified atom stereocenters. The first-order valence-corrected chi connectivity index (χ1v) is 7.84. The molecule has 118 valence electrons. The minimum atomic E-state index is 0.108. The van der Waals surface area contributed by atoms with E-state index in [1.807, 2.05) is 14.1 Å². The Bertz CT molecular complexity index is 421. The number of anilines is 1. The fraction of sp³-hybridized carbons (Fsp3) is 0.588. The van der Waals surface area contributed by atoms with Crippen molar-refractivity contribution in [2.24, 2.45) is 0 Å². The van der Waals surface area contributed by atoms with Crippen molar-refractivity contribution < 1.29 is 4.79 Å². The van der Waals surface area contributed by atoms with Crippen LogP contribution in [0.3, 0.4) is 0 Å². The van der Waals surface area contributed by atoms with Gasteiger partial charge >= 0.3 is 0 Å². The van der Waals surface area contributed by atoms with E-state index in [2.05, 4.69) is 47.6 Å². The molecule has 4 heteroatoms. The fourth-order valence-electron chi connectivity index (χ4n) is 2.28. The number of amides is 1. The smallest absolute Gasteiger partial charge is 0.221 e. The average molecular weight is 291 g/mol.